The number of urea groups is 1. The van der Waals surface area contributed by atoms with Crippen LogP contribution in [-0.2, 0) is 6.42 Å². The summed E-state index contributed by atoms with van der Waals surface area (Å²) >= 11 is 0. The van der Waals surface area contributed by atoms with Gasteiger partial charge in [0.05, 0.1) is 26.0 Å². The van der Waals surface area contributed by atoms with Gasteiger partial charge < -0.3 is 24.8 Å². The molecule has 0 radical (unpaired) electrons. The molecule has 1 aliphatic rings. The smallest absolute Gasteiger partial charge is 0.319 e. The van der Waals surface area contributed by atoms with Crippen molar-refractivity contribution in [1.29, 1.82) is 0 Å². The fourth-order valence-corrected chi connectivity index (χ4v) is 3.38. The van der Waals surface area contributed by atoms with E-state index in [1.807, 2.05) is 42.5 Å². The Morgan fingerprint density at radius 2 is 1.75 bits per heavy atom. The quantitative estimate of drug-likeness (QED) is 0.708. The lowest BCUT2D eigenvalue weighted by Crippen LogP contribution is -2.30. The summed E-state index contributed by atoms with van der Waals surface area (Å²) in [5.74, 6) is 2.10. The molecule has 0 atom stereocenters. The van der Waals surface area contributed by atoms with Crippen LogP contribution in [-0.4, -0.2) is 32.9 Å². The van der Waals surface area contributed by atoms with Gasteiger partial charge >= 0.3 is 6.03 Å². The van der Waals surface area contributed by atoms with Crippen molar-refractivity contribution in [1.82, 2.24) is 5.32 Å². The fourth-order valence-electron chi connectivity index (χ4n) is 3.38. The number of rotatable bonds is 8. The van der Waals surface area contributed by atoms with Gasteiger partial charge in [0.15, 0.2) is 11.5 Å². The first-order valence-corrected chi connectivity index (χ1v) is 9.71. The van der Waals surface area contributed by atoms with E-state index in [-0.39, 0.29) is 12.1 Å². The highest BCUT2D eigenvalue weighted by Crippen LogP contribution is 2.30. The molecule has 150 valence electrons. The largest absolute Gasteiger partial charge is 0.493 e. The van der Waals surface area contributed by atoms with Gasteiger partial charge in [-0.1, -0.05) is 18.2 Å². The van der Waals surface area contributed by atoms with Gasteiger partial charge in [-0.25, -0.2) is 4.79 Å². The normalized spacial score (nSPS) is 13.8. The molecule has 6 nitrogen and oxygen atoms in total. The molecule has 6 heteroatoms. The monoisotopic (exact) mass is 384 g/mol. The van der Waals surface area contributed by atoms with Crippen LogP contribution >= 0.6 is 0 Å². The molecule has 0 unspecified atom stereocenters. The highest BCUT2D eigenvalue weighted by molar-refractivity contribution is 5.90. The molecule has 0 aromatic heterocycles. The summed E-state index contributed by atoms with van der Waals surface area (Å²) in [5.41, 5.74) is 1.75. The molecule has 28 heavy (non-hydrogen) atoms. The highest BCUT2D eigenvalue weighted by atomic mass is 16.5. The van der Waals surface area contributed by atoms with Gasteiger partial charge in [-0.3, -0.25) is 0 Å². The molecule has 0 bridgehead atoms. The Balaban J connectivity index is 1.51. The van der Waals surface area contributed by atoms with Crippen molar-refractivity contribution in [3.05, 3.63) is 48.0 Å². The molecule has 1 aliphatic carbocycles. The van der Waals surface area contributed by atoms with Gasteiger partial charge in [-0.2, -0.15) is 0 Å². The van der Waals surface area contributed by atoms with Gasteiger partial charge in [0.25, 0.3) is 0 Å². The number of hydrogen-bond acceptors (Lipinski definition) is 4. The average Bonchev–Trinajstić information content (AvgIpc) is 3.22. The Hall–Kier alpha value is -2.89. The number of carbonyl (C=O) groups is 1. The van der Waals surface area contributed by atoms with E-state index < -0.39 is 0 Å². The van der Waals surface area contributed by atoms with Crippen LogP contribution < -0.4 is 24.8 Å². The van der Waals surface area contributed by atoms with Crippen molar-refractivity contribution in [2.24, 2.45) is 0 Å². The van der Waals surface area contributed by atoms with E-state index in [1.165, 1.54) is 12.8 Å². The number of para-hydroxylation sites is 2. The lowest BCUT2D eigenvalue weighted by atomic mass is 10.1. The zero-order valence-corrected chi connectivity index (χ0v) is 16.5. The van der Waals surface area contributed by atoms with Crippen molar-refractivity contribution < 1.29 is 19.0 Å². The van der Waals surface area contributed by atoms with Crippen LogP contribution in [0.15, 0.2) is 42.5 Å². The number of amides is 2. The molecule has 2 amide bonds. The van der Waals surface area contributed by atoms with E-state index in [0.29, 0.717) is 30.2 Å². The second kappa shape index (κ2) is 9.88. The summed E-state index contributed by atoms with van der Waals surface area (Å²) in [6.45, 7) is 0.507. The van der Waals surface area contributed by atoms with E-state index in [0.717, 1.165) is 24.2 Å². The molecule has 2 aromatic rings. The first kappa shape index (κ1) is 19.9. The van der Waals surface area contributed by atoms with Crippen molar-refractivity contribution in [2.75, 3.05) is 26.1 Å². The number of methoxy groups -OCH3 is 2. The summed E-state index contributed by atoms with van der Waals surface area (Å²) in [4.78, 5) is 12.3. The minimum atomic E-state index is -0.247. The second-order valence-electron chi connectivity index (χ2n) is 6.84. The highest BCUT2D eigenvalue weighted by Gasteiger charge is 2.18. The zero-order valence-electron chi connectivity index (χ0n) is 16.5. The van der Waals surface area contributed by atoms with Gasteiger partial charge in [-0.05, 0) is 61.9 Å². The zero-order chi connectivity index (χ0) is 19.8. The Morgan fingerprint density at radius 3 is 2.50 bits per heavy atom. The summed E-state index contributed by atoms with van der Waals surface area (Å²) in [7, 11) is 3.22. The first-order valence-electron chi connectivity index (χ1n) is 9.71. The third-order valence-electron chi connectivity index (χ3n) is 4.88. The molecule has 2 N–H and O–H groups in total. The molecule has 0 aliphatic heterocycles. The molecule has 3 rings (SSSR count). The maximum atomic E-state index is 12.3. The number of carbonyl (C=O) groups excluding carboxylic acids is 1. The van der Waals surface area contributed by atoms with Crippen molar-refractivity contribution in [2.45, 2.75) is 38.2 Å². The van der Waals surface area contributed by atoms with Gasteiger partial charge in [0, 0.05) is 6.54 Å². The predicted octanol–water partition coefficient (Wildman–Crippen LogP) is 4.39. The minimum Gasteiger partial charge on any atom is -0.493 e. The van der Waals surface area contributed by atoms with Crippen LogP contribution in [0.4, 0.5) is 10.5 Å². The van der Waals surface area contributed by atoms with Crippen LogP contribution in [0.1, 0.15) is 31.2 Å². The number of nitrogens with one attached hydrogen (secondary N) is 2. The average molecular weight is 384 g/mol. The summed E-state index contributed by atoms with van der Waals surface area (Å²) in [6.07, 6.45) is 5.50. The van der Waals surface area contributed by atoms with Crippen LogP contribution in [0, 0.1) is 0 Å². The van der Waals surface area contributed by atoms with Gasteiger partial charge in [0.2, 0.25) is 0 Å². The van der Waals surface area contributed by atoms with Crippen LogP contribution in [0.3, 0.4) is 0 Å². The van der Waals surface area contributed by atoms with E-state index >= 15 is 0 Å². The Bertz CT molecular complexity index is 788. The Kier molecular flexibility index (Phi) is 7.00. The van der Waals surface area contributed by atoms with Gasteiger partial charge in [-0.15, -0.1) is 0 Å². The van der Waals surface area contributed by atoms with Crippen molar-refractivity contribution in [3.63, 3.8) is 0 Å². The van der Waals surface area contributed by atoms with Crippen molar-refractivity contribution in [3.8, 4) is 17.2 Å². The summed E-state index contributed by atoms with van der Waals surface area (Å²) in [6, 6.07) is 13.1. The Morgan fingerprint density at radius 1 is 1.00 bits per heavy atom. The first-order chi connectivity index (χ1) is 13.7. The van der Waals surface area contributed by atoms with Crippen LogP contribution in [0.2, 0.25) is 0 Å². The summed E-state index contributed by atoms with van der Waals surface area (Å²) < 4.78 is 16.6. The maximum absolute atomic E-state index is 12.3. The number of benzene rings is 2. The third kappa shape index (κ3) is 5.31. The lowest BCUT2D eigenvalue weighted by molar-refractivity contribution is 0.211. The molecule has 1 saturated carbocycles. The fraction of sp³-hybridized carbons (Fsp3) is 0.409. The van der Waals surface area contributed by atoms with Gasteiger partial charge in [0.1, 0.15) is 5.75 Å². The van der Waals surface area contributed by atoms with E-state index in [1.54, 1.807) is 14.2 Å². The number of hydrogen-bond donors (Lipinski definition) is 2. The van der Waals surface area contributed by atoms with Crippen LogP contribution in [0.25, 0.3) is 0 Å². The van der Waals surface area contributed by atoms with E-state index in [2.05, 4.69) is 10.6 Å². The topological polar surface area (TPSA) is 68.8 Å². The lowest BCUT2D eigenvalue weighted by Gasteiger charge is -2.17. The number of anilines is 1. The van der Waals surface area contributed by atoms with Crippen molar-refractivity contribution >= 4 is 11.7 Å². The molecule has 0 saturated heterocycles. The molecule has 1 fully saturated rings. The minimum absolute atomic E-state index is 0.246. The molecule has 2 aromatic carbocycles. The molecule has 0 heterocycles. The standard InChI is InChI=1S/C22H28N2O4/c1-26-20-12-11-16(15-21(20)27-2)13-14-23-22(25)24-18-9-5-6-10-19(18)28-17-7-3-4-8-17/h5-6,9-12,15,17H,3-4,7-8,13-14H2,1-2H3,(H2,23,24,25). The van der Waals surface area contributed by atoms with Crippen LogP contribution in [0.5, 0.6) is 17.2 Å². The van der Waals surface area contributed by atoms with E-state index in [4.69, 9.17) is 14.2 Å². The number of ether oxygens (including phenoxy) is 3. The SMILES string of the molecule is COc1ccc(CCNC(=O)Nc2ccccc2OC2CCCC2)cc1OC. The molecular formula is C22H28N2O4. The summed E-state index contributed by atoms with van der Waals surface area (Å²) in [5, 5.41) is 5.78. The second-order valence-corrected chi connectivity index (χ2v) is 6.84. The van der Waals surface area contributed by atoms with E-state index in [9.17, 15) is 4.79 Å². The maximum Gasteiger partial charge on any atom is 0.319 e. The third-order valence-corrected chi connectivity index (χ3v) is 4.88. The Labute approximate surface area is 166 Å². The predicted molar refractivity (Wildman–Crippen MR) is 110 cm³/mol. The molecular weight excluding hydrogens is 356 g/mol. The molecule has 0 spiro atoms.